The van der Waals surface area contributed by atoms with Gasteiger partial charge in [-0.3, -0.25) is 4.68 Å². The molecule has 152 valence electrons. The second-order valence-electron chi connectivity index (χ2n) is 7.26. The topological polar surface area (TPSA) is 94.2 Å². The van der Waals surface area contributed by atoms with Crippen molar-refractivity contribution in [2.75, 3.05) is 11.9 Å². The second kappa shape index (κ2) is 7.08. The molecule has 0 fully saturated rings. The smallest absolute Gasteiger partial charge is 0.322 e. The number of nitrogens with one attached hydrogen (secondary N) is 1. The summed E-state index contributed by atoms with van der Waals surface area (Å²) in [6, 6.07) is 4.77. The highest BCUT2D eigenvalue weighted by atomic mass is 19.3. The number of anilines is 1. The molecule has 2 aliphatic heterocycles. The summed E-state index contributed by atoms with van der Waals surface area (Å²) in [6.07, 6.45) is -1.09. The summed E-state index contributed by atoms with van der Waals surface area (Å²) in [5, 5.41) is 25.6. The maximum absolute atomic E-state index is 14.7. The Balaban J connectivity index is 1.57. The van der Waals surface area contributed by atoms with E-state index in [4.69, 9.17) is 5.26 Å². The van der Waals surface area contributed by atoms with Gasteiger partial charge in [0.2, 0.25) is 0 Å². The molecule has 1 aromatic carbocycles. The molecule has 2 N–H and O–H groups in total. The number of nitrogens with zero attached hydrogens (tertiary/aromatic N) is 4. The molecule has 3 heterocycles. The van der Waals surface area contributed by atoms with Crippen LogP contribution < -0.4 is 5.32 Å². The van der Waals surface area contributed by atoms with E-state index in [1.54, 1.807) is 6.07 Å². The number of rotatable bonds is 1. The Hall–Kier alpha value is -3.06. The molecule has 29 heavy (non-hydrogen) atoms. The standard InChI is InChI=1S/C19H18F3N5O2/c20-15-2-1-12(7-11(15)8-23)24-18(29)26-6-4-16-14(10-26)17-19(21,22)5-3-13(28)9-27(17)25-16/h1-2,7,13,28H,3-6,9-10H2,(H,24,29)/t13-/m0/s1. The van der Waals surface area contributed by atoms with Crippen LogP contribution >= 0.6 is 0 Å². The minimum absolute atomic E-state index is 0.00334. The van der Waals surface area contributed by atoms with Gasteiger partial charge in [0.05, 0.1) is 30.5 Å². The molecule has 0 radical (unpaired) electrons. The van der Waals surface area contributed by atoms with Crippen LogP contribution in [0.25, 0.3) is 0 Å². The van der Waals surface area contributed by atoms with Crippen LogP contribution in [0.1, 0.15) is 35.4 Å². The molecule has 10 heteroatoms. The fourth-order valence-corrected chi connectivity index (χ4v) is 3.79. The second-order valence-corrected chi connectivity index (χ2v) is 7.26. The Labute approximate surface area is 164 Å². The normalized spacial score (nSPS) is 20.2. The van der Waals surface area contributed by atoms with Crippen LogP contribution in [-0.4, -0.2) is 38.5 Å². The molecule has 0 spiro atoms. The van der Waals surface area contributed by atoms with Gasteiger partial charge in [0.15, 0.2) is 0 Å². The number of hydrogen-bond donors (Lipinski definition) is 2. The number of carbonyl (C=O) groups is 1. The number of hydrogen-bond acceptors (Lipinski definition) is 4. The number of fused-ring (bicyclic) bond motifs is 3. The minimum atomic E-state index is -3.14. The third-order valence-corrected chi connectivity index (χ3v) is 5.25. The number of aliphatic hydroxyl groups excluding tert-OH is 1. The first-order valence-electron chi connectivity index (χ1n) is 9.19. The molecule has 0 aliphatic carbocycles. The first-order chi connectivity index (χ1) is 13.8. The third-order valence-electron chi connectivity index (χ3n) is 5.25. The average Bonchev–Trinajstić information content (AvgIpc) is 3.00. The van der Waals surface area contributed by atoms with Crippen molar-refractivity contribution in [3.05, 3.63) is 46.5 Å². The van der Waals surface area contributed by atoms with Crippen LogP contribution in [0.4, 0.5) is 23.7 Å². The number of benzene rings is 1. The molecule has 0 unspecified atom stereocenters. The Bertz CT molecular complexity index is 1010. The number of aliphatic hydroxyl groups is 1. The van der Waals surface area contributed by atoms with Crippen molar-refractivity contribution in [3.63, 3.8) is 0 Å². The predicted octanol–water partition coefficient (Wildman–Crippen LogP) is 2.73. The Morgan fingerprint density at radius 3 is 2.97 bits per heavy atom. The molecular weight excluding hydrogens is 387 g/mol. The average molecular weight is 405 g/mol. The number of carbonyl (C=O) groups excluding carboxylic acids is 1. The maximum Gasteiger partial charge on any atom is 0.322 e. The van der Waals surface area contributed by atoms with Crippen LogP contribution in [0.15, 0.2) is 18.2 Å². The van der Waals surface area contributed by atoms with Gasteiger partial charge < -0.3 is 15.3 Å². The largest absolute Gasteiger partial charge is 0.391 e. The van der Waals surface area contributed by atoms with E-state index in [0.29, 0.717) is 17.7 Å². The van der Waals surface area contributed by atoms with E-state index in [0.717, 1.165) is 6.07 Å². The van der Waals surface area contributed by atoms with Gasteiger partial charge in [-0.1, -0.05) is 0 Å². The van der Waals surface area contributed by atoms with Crippen LogP contribution in [0, 0.1) is 17.1 Å². The zero-order valence-electron chi connectivity index (χ0n) is 15.3. The van der Waals surface area contributed by atoms with Crippen molar-refractivity contribution in [1.29, 1.82) is 5.26 Å². The fraction of sp³-hybridized carbons (Fsp3) is 0.421. The zero-order valence-corrected chi connectivity index (χ0v) is 15.3. The van der Waals surface area contributed by atoms with Gasteiger partial charge in [-0.2, -0.15) is 19.1 Å². The molecule has 1 atom stereocenters. The lowest BCUT2D eigenvalue weighted by atomic mass is 10.00. The highest BCUT2D eigenvalue weighted by molar-refractivity contribution is 5.89. The van der Waals surface area contributed by atoms with Gasteiger partial charge in [-0.25, -0.2) is 9.18 Å². The summed E-state index contributed by atoms with van der Waals surface area (Å²) >= 11 is 0. The van der Waals surface area contributed by atoms with Crippen LogP contribution in [0.5, 0.6) is 0 Å². The van der Waals surface area contributed by atoms with Gasteiger partial charge in [0.1, 0.15) is 17.6 Å². The highest BCUT2D eigenvalue weighted by Crippen LogP contribution is 2.40. The van der Waals surface area contributed by atoms with Crippen molar-refractivity contribution < 1.29 is 23.1 Å². The molecule has 2 aliphatic rings. The molecule has 1 aromatic heterocycles. The van der Waals surface area contributed by atoms with Crippen LogP contribution in [-0.2, 0) is 25.4 Å². The van der Waals surface area contributed by atoms with E-state index < -0.39 is 30.3 Å². The van der Waals surface area contributed by atoms with Crippen molar-refractivity contribution >= 4 is 11.7 Å². The van der Waals surface area contributed by atoms with Gasteiger partial charge >= 0.3 is 6.03 Å². The molecule has 0 saturated heterocycles. The summed E-state index contributed by atoms with van der Waals surface area (Å²) in [5.41, 5.74) is 0.605. The molecule has 2 amide bonds. The number of aromatic nitrogens is 2. The third kappa shape index (κ3) is 3.53. The Morgan fingerprint density at radius 1 is 1.41 bits per heavy atom. The Morgan fingerprint density at radius 2 is 2.21 bits per heavy atom. The van der Waals surface area contributed by atoms with E-state index in [1.807, 2.05) is 0 Å². The number of urea groups is 1. The van der Waals surface area contributed by atoms with Crippen molar-refractivity contribution in [2.45, 2.75) is 44.4 Å². The summed E-state index contributed by atoms with van der Waals surface area (Å²) in [5.74, 6) is -3.84. The van der Waals surface area contributed by atoms with Crippen molar-refractivity contribution in [2.24, 2.45) is 0 Å². The summed E-state index contributed by atoms with van der Waals surface area (Å²) in [6.45, 7) is 0.223. The van der Waals surface area contributed by atoms with Gasteiger partial charge in [0.25, 0.3) is 5.92 Å². The van der Waals surface area contributed by atoms with E-state index >= 15 is 0 Å². The lowest BCUT2D eigenvalue weighted by Crippen LogP contribution is -2.39. The van der Waals surface area contributed by atoms with E-state index in [9.17, 15) is 23.1 Å². The van der Waals surface area contributed by atoms with Gasteiger partial charge in [-0.15, -0.1) is 0 Å². The molecule has 0 bridgehead atoms. The number of amides is 2. The summed E-state index contributed by atoms with van der Waals surface area (Å²) < 4.78 is 44.0. The SMILES string of the molecule is N#Cc1cc(NC(=O)N2CCc3nn4c(c3C2)C(F)(F)CC[C@H](O)C4)ccc1F. The summed E-state index contributed by atoms with van der Waals surface area (Å²) in [4.78, 5) is 14.0. The summed E-state index contributed by atoms with van der Waals surface area (Å²) in [7, 11) is 0. The first-order valence-corrected chi connectivity index (χ1v) is 9.19. The number of halogens is 3. The molecule has 4 rings (SSSR count). The lowest BCUT2D eigenvalue weighted by molar-refractivity contribution is -0.0248. The lowest BCUT2D eigenvalue weighted by Gasteiger charge is -2.28. The van der Waals surface area contributed by atoms with Gasteiger partial charge in [-0.05, 0) is 24.6 Å². The highest BCUT2D eigenvalue weighted by Gasteiger charge is 2.43. The predicted molar refractivity (Wildman–Crippen MR) is 95.6 cm³/mol. The number of alkyl halides is 2. The minimum Gasteiger partial charge on any atom is -0.391 e. The molecule has 2 aromatic rings. The van der Waals surface area contributed by atoms with Crippen LogP contribution in [0.3, 0.4) is 0 Å². The monoisotopic (exact) mass is 405 g/mol. The number of nitriles is 1. The zero-order chi connectivity index (χ0) is 20.8. The van der Waals surface area contributed by atoms with E-state index in [2.05, 4.69) is 10.4 Å². The van der Waals surface area contributed by atoms with E-state index in [-0.39, 0.29) is 43.0 Å². The van der Waals surface area contributed by atoms with Crippen molar-refractivity contribution in [1.82, 2.24) is 14.7 Å². The van der Waals surface area contributed by atoms with Gasteiger partial charge in [0, 0.05) is 30.6 Å². The quantitative estimate of drug-likeness (QED) is 0.763. The van der Waals surface area contributed by atoms with Crippen LogP contribution in [0.2, 0.25) is 0 Å². The molecular formula is C19H18F3N5O2. The maximum atomic E-state index is 14.7. The first kappa shape index (κ1) is 19.3. The molecule has 0 saturated carbocycles. The van der Waals surface area contributed by atoms with E-state index in [1.165, 1.54) is 21.7 Å². The van der Waals surface area contributed by atoms with Crippen molar-refractivity contribution in [3.8, 4) is 6.07 Å². The molecule has 7 nitrogen and oxygen atoms in total. The fourth-order valence-electron chi connectivity index (χ4n) is 3.79. The Kier molecular flexibility index (Phi) is 4.70.